The fourth-order valence-electron chi connectivity index (χ4n) is 4.53. The second-order valence-electron chi connectivity index (χ2n) is 9.62. The number of aliphatic hydroxyl groups excluding tert-OH is 2. The normalized spacial score (nSPS) is 15.1. The summed E-state index contributed by atoms with van der Waals surface area (Å²) in [6.07, 6.45) is 19.1. The van der Waals surface area contributed by atoms with Crippen LogP contribution >= 0.6 is 0 Å². The molecule has 0 saturated carbocycles. The van der Waals surface area contributed by atoms with Crippen LogP contribution in [0.15, 0.2) is 12.2 Å². The van der Waals surface area contributed by atoms with Crippen LogP contribution in [0.4, 0.5) is 0 Å². The van der Waals surface area contributed by atoms with Gasteiger partial charge in [-0.05, 0) is 32.1 Å². The molecule has 0 amide bonds. The number of β-amino-alcohol motifs (C(OH)–C–C–N with tert-alkyl or cyclic N) is 2. The molecule has 1 atom stereocenters. The Balaban J connectivity index is 0.0000122. The number of amidine groups is 1. The monoisotopic (exact) mass is 539 g/mol. The van der Waals surface area contributed by atoms with Gasteiger partial charge in [0.2, 0.25) is 5.78 Å². The first-order valence-electron chi connectivity index (χ1n) is 13.6. The minimum atomic E-state index is -4.55. The Morgan fingerprint density at radius 3 is 2.14 bits per heavy atom. The zero-order valence-corrected chi connectivity index (χ0v) is 25.5. The van der Waals surface area contributed by atoms with E-state index in [2.05, 4.69) is 19.1 Å². The van der Waals surface area contributed by atoms with E-state index in [9.17, 15) is 28.0 Å². The van der Waals surface area contributed by atoms with Gasteiger partial charge < -0.3 is 14.8 Å². The summed E-state index contributed by atoms with van der Waals surface area (Å²) in [7, 11) is -4.55. The summed E-state index contributed by atoms with van der Waals surface area (Å²) in [6, 6.07) is 0. The molecule has 1 aliphatic rings. The fourth-order valence-corrected chi connectivity index (χ4v) is 5.11. The number of ketones is 1. The molecule has 36 heavy (non-hydrogen) atoms. The summed E-state index contributed by atoms with van der Waals surface area (Å²) >= 11 is 0. The maximum atomic E-state index is 12.9. The third kappa shape index (κ3) is 17.3. The number of hydrogen-bond donors (Lipinski definition) is 2. The quantitative estimate of drug-likeness (QED) is 0.0664. The van der Waals surface area contributed by atoms with Crippen LogP contribution in [0.1, 0.15) is 96.8 Å². The topological polar surface area (TPSA) is 121 Å². The summed E-state index contributed by atoms with van der Waals surface area (Å²) in [5, 5.41) is 19.3. The molecule has 0 saturated heterocycles. The molecule has 0 aromatic heterocycles. The molecule has 0 aromatic rings. The SMILES string of the molecule is CCCCCCCCCCC/C=C/CCCCC(=O)C1=[N+](CC(O)CS(=O)(=O)[O-])CCN1CCO.[Na+]. The van der Waals surface area contributed by atoms with Gasteiger partial charge in [-0.25, -0.2) is 8.42 Å². The Hall–Kier alpha value is -0.290. The fraction of sp³-hybridized carbons (Fsp3) is 0.846. The first kappa shape index (κ1) is 35.7. The van der Waals surface area contributed by atoms with Crippen LogP contribution in [0.5, 0.6) is 0 Å². The minimum absolute atomic E-state index is 0. The zero-order valence-electron chi connectivity index (χ0n) is 22.7. The van der Waals surface area contributed by atoms with E-state index in [0.29, 0.717) is 31.9 Å². The average molecular weight is 540 g/mol. The number of nitrogens with zero attached hydrogens (tertiary/aromatic N) is 2. The molecule has 10 heteroatoms. The molecule has 1 unspecified atom stereocenters. The summed E-state index contributed by atoms with van der Waals surface area (Å²) in [5.74, 6) is -0.551. The van der Waals surface area contributed by atoms with Gasteiger partial charge in [-0.3, -0.25) is 14.3 Å². The zero-order chi connectivity index (χ0) is 25.9. The van der Waals surface area contributed by atoms with E-state index in [1.807, 2.05) is 0 Å². The predicted octanol–water partition coefficient (Wildman–Crippen LogP) is 0.222. The standard InChI is InChI=1S/C26H48N2O6S.Na/c1-2-3-4-5-6-7-8-9-10-11-12-13-14-15-16-17-25(31)26-27(20-21-29)18-19-28(26)22-24(30)23-35(32,33)34;/h12-13,24,29-30H,2-11,14-23H2,1H3;/q;+1/b13-12+;. The molecular weight excluding hydrogens is 491 g/mol. The number of carbonyl (C=O) groups is 1. The van der Waals surface area contributed by atoms with E-state index in [4.69, 9.17) is 0 Å². The maximum absolute atomic E-state index is 12.9. The van der Waals surface area contributed by atoms with Crippen molar-refractivity contribution in [1.82, 2.24) is 4.90 Å². The molecule has 0 aromatic carbocycles. The first-order chi connectivity index (χ1) is 16.8. The molecule has 0 radical (unpaired) electrons. The average Bonchev–Trinajstić information content (AvgIpc) is 3.17. The van der Waals surface area contributed by atoms with Gasteiger partial charge in [-0.15, -0.1) is 0 Å². The number of carbonyl (C=O) groups excluding carboxylic acids is 1. The largest absolute Gasteiger partial charge is 1.00 e. The van der Waals surface area contributed by atoms with Gasteiger partial charge in [-0.2, -0.15) is 0 Å². The van der Waals surface area contributed by atoms with E-state index in [1.165, 1.54) is 57.8 Å². The predicted molar refractivity (Wildman–Crippen MR) is 139 cm³/mol. The summed E-state index contributed by atoms with van der Waals surface area (Å²) in [4.78, 5) is 14.6. The third-order valence-electron chi connectivity index (χ3n) is 6.35. The Kier molecular flexibility index (Phi) is 21.4. The van der Waals surface area contributed by atoms with Crippen LogP contribution in [0.3, 0.4) is 0 Å². The first-order valence-corrected chi connectivity index (χ1v) is 15.1. The second kappa shape index (κ2) is 21.6. The van der Waals surface area contributed by atoms with Crippen LogP contribution in [0.25, 0.3) is 0 Å². The molecule has 8 nitrogen and oxygen atoms in total. The van der Waals surface area contributed by atoms with Crippen molar-refractivity contribution in [1.29, 1.82) is 0 Å². The van der Waals surface area contributed by atoms with Crippen LogP contribution in [-0.4, -0.2) is 88.9 Å². The Bertz CT molecular complexity index is 758. The third-order valence-corrected chi connectivity index (χ3v) is 7.14. The number of rotatable bonds is 22. The van der Waals surface area contributed by atoms with Crippen molar-refractivity contribution in [3.8, 4) is 0 Å². The Morgan fingerprint density at radius 2 is 1.58 bits per heavy atom. The van der Waals surface area contributed by atoms with Gasteiger partial charge in [-0.1, -0.05) is 70.4 Å². The van der Waals surface area contributed by atoms with Crippen LogP contribution < -0.4 is 29.6 Å². The van der Waals surface area contributed by atoms with Crippen molar-refractivity contribution in [3.63, 3.8) is 0 Å². The van der Waals surface area contributed by atoms with E-state index in [0.717, 1.165) is 25.7 Å². The number of unbranched alkanes of at least 4 members (excludes halogenated alkanes) is 11. The molecular formula is C26H48N2NaO6S+. The van der Waals surface area contributed by atoms with Crippen LogP contribution in [0, 0.1) is 0 Å². The molecule has 1 heterocycles. The van der Waals surface area contributed by atoms with Gasteiger partial charge in [0.05, 0.1) is 22.5 Å². The Morgan fingerprint density at radius 1 is 1.03 bits per heavy atom. The molecule has 0 bridgehead atoms. The number of aliphatic hydroxyl groups is 2. The number of hydrogen-bond acceptors (Lipinski definition) is 7. The van der Waals surface area contributed by atoms with Gasteiger partial charge in [0.15, 0.2) is 0 Å². The molecule has 0 aliphatic carbocycles. The molecule has 2 N–H and O–H groups in total. The van der Waals surface area contributed by atoms with Crippen LogP contribution in [0.2, 0.25) is 0 Å². The van der Waals surface area contributed by atoms with Crippen LogP contribution in [-0.2, 0) is 14.9 Å². The number of allylic oxidation sites excluding steroid dienone is 2. The summed E-state index contributed by atoms with van der Waals surface area (Å²) in [6.45, 7) is 3.31. The molecule has 1 aliphatic heterocycles. The van der Waals surface area contributed by atoms with Crippen molar-refractivity contribution >= 4 is 21.7 Å². The second-order valence-corrected chi connectivity index (χ2v) is 11.1. The van der Waals surface area contributed by atoms with E-state index < -0.39 is 22.0 Å². The van der Waals surface area contributed by atoms with Crippen molar-refractivity contribution < 1.29 is 62.1 Å². The maximum Gasteiger partial charge on any atom is 1.00 e. The smallest absolute Gasteiger partial charge is 0.748 e. The summed E-state index contributed by atoms with van der Waals surface area (Å²) in [5.41, 5.74) is 0. The van der Waals surface area contributed by atoms with Gasteiger partial charge in [0.25, 0.3) is 0 Å². The summed E-state index contributed by atoms with van der Waals surface area (Å²) < 4.78 is 34.4. The van der Waals surface area contributed by atoms with E-state index in [1.54, 1.807) is 9.48 Å². The van der Waals surface area contributed by atoms with Gasteiger partial charge in [0, 0.05) is 6.42 Å². The minimum Gasteiger partial charge on any atom is -0.748 e. The molecule has 204 valence electrons. The Labute approximate surface area is 241 Å². The van der Waals surface area contributed by atoms with Crippen molar-refractivity contribution in [2.45, 2.75) is 103 Å². The van der Waals surface area contributed by atoms with Gasteiger partial charge in [0.1, 0.15) is 32.3 Å². The molecule has 0 spiro atoms. The molecule has 1 rings (SSSR count). The number of Topliss-reactive ketones (excluding diaryl/α,β-unsaturated/α-hetero) is 1. The molecule has 0 fully saturated rings. The van der Waals surface area contributed by atoms with Crippen molar-refractivity contribution in [2.75, 3.05) is 38.5 Å². The van der Waals surface area contributed by atoms with Gasteiger partial charge >= 0.3 is 35.4 Å². The van der Waals surface area contributed by atoms with E-state index in [-0.39, 0.29) is 48.5 Å². The van der Waals surface area contributed by atoms with Crippen molar-refractivity contribution in [2.24, 2.45) is 0 Å². The van der Waals surface area contributed by atoms with Crippen molar-refractivity contribution in [3.05, 3.63) is 12.2 Å². The van der Waals surface area contributed by atoms with E-state index >= 15 is 0 Å².